The van der Waals surface area contributed by atoms with Crippen molar-refractivity contribution in [2.24, 2.45) is 0 Å². The van der Waals surface area contributed by atoms with Gasteiger partial charge in [0.2, 0.25) is 0 Å². The summed E-state index contributed by atoms with van der Waals surface area (Å²) in [5.41, 5.74) is 3.30. The second kappa shape index (κ2) is 7.36. The van der Waals surface area contributed by atoms with E-state index in [9.17, 15) is 4.79 Å². The van der Waals surface area contributed by atoms with Crippen LogP contribution in [0.25, 0.3) is 0 Å². The average Bonchev–Trinajstić information content (AvgIpc) is 3.32. The summed E-state index contributed by atoms with van der Waals surface area (Å²) >= 11 is 5.32. The molecule has 25 heavy (non-hydrogen) atoms. The van der Waals surface area contributed by atoms with Crippen LogP contribution in [-0.4, -0.2) is 23.6 Å². The van der Waals surface area contributed by atoms with E-state index >= 15 is 0 Å². The zero-order valence-corrected chi connectivity index (χ0v) is 16.4. The van der Waals surface area contributed by atoms with Gasteiger partial charge in [0, 0.05) is 27.6 Å². The zero-order chi connectivity index (χ0) is 17.2. The highest BCUT2D eigenvalue weighted by Crippen LogP contribution is 2.40. The molecule has 3 heterocycles. The van der Waals surface area contributed by atoms with Crippen molar-refractivity contribution in [2.45, 2.75) is 18.2 Å². The Hall–Kier alpha value is -1.56. The lowest BCUT2D eigenvalue weighted by Crippen LogP contribution is -2.39. The number of thioether (sulfide) groups is 1. The van der Waals surface area contributed by atoms with Crippen LogP contribution in [0, 0.1) is 0 Å². The molecule has 2 nitrogen and oxygen atoms in total. The highest BCUT2D eigenvalue weighted by atomic mass is 32.2. The van der Waals surface area contributed by atoms with Crippen LogP contribution in [0.2, 0.25) is 0 Å². The van der Waals surface area contributed by atoms with Crippen LogP contribution < -0.4 is 0 Å². The summed E-state index contributed by atoms with van der Waals surface area (Å²) in [7, 11) is 0. The number of benzene rings is 1. The molecule has 2 aromatic heterocycles. The molecule has 0 saturated carbocycles. The van der Waals surface area contributed by atoms with Gasteiger partial charge in [0.15, 0.2) is 0 Å². The van der Waals surface area contributed by atoms with Gasteiger partial charge in [0.1, 0.15) is 0 Å². The van der Waals surface area contributed by atoms with Crippen LogP contribution in [0.4, 0.5) is 0 Å². The van der Waals surface area contributed by atoms with E-state index in [4.69, 9.17) is 0 Å². The predicted molar refractivity (Wildman–Crippen MR) is 109 cm³/mol. The first-order valence-corrected chi connectivity index (χ1v) is 11.4. The average molecular weight is 386 g/mol. The summed E-state index contributed by atoms with van der Waals surface area (Å²) in [6.45, 7) is 0.779. The minimum absolute atomic E-state index is 0.0479. The van der Waals surface area contributed by atoms with Gasteiger partial charge in [-0.2, -0.15) is 11.8 Å². The number of rotatable bonds is 4. The fourth-order valence-corrected chi connectivity index (χ4v) is 5.69. The van der Waals surface area contributed by atoms with Crippen LogP contribution in [-0.2, 0) is 12.2 Å². The molecular weight excluding hydrogens is 366 g/mol. The maximum Gasteiger partial charge on any atom is 0.254 e. The smallest absolute Gasteiger partial charge is 0.254 e. The first-order chi connectivity index (χ1) is 12.3. The largest absolute Gasteiger partial charge is 0.326 e. The van der Waals surface area contributed by atoms with Crippen LogP contribution in [0.1, 0.15) is 37.3 Å². The summed E-state index contributed by atoms with van der Waals surface area (Å²) in [5, 5.41) is 4.25. The summed E-state index contributed by atoms with van der Waals surface area (Å²) in [4.78, 5) is 18.0. The summed E-state index contributed by atoms with van der Waals surface area (Å²) in [6.07, 6.45) is 3.04. The van der Waals surface area contributed by atoms with Gasteiger partial charge in [0.25, 0.3) is 5.91 Å². The number of carbonyl (C=O) groups excluding carboxylic acids is 1. The highest BCUT2D eigenvalue weighted by molar-refractivity contribution is 7.97. The van der Waals surface area contributed by atoms with Crippen molar-refractivity contribution in [3.05, 3.63) is 79.7 Å². The van der Waals surface area contributed by atoms with Gasteiger partial charge in [-0.05, 0) is 58.8 Å². The minimum Gasteiger partial charge on any atom is -0.326 e. The third-order valence-corrected chi connectivity index (χ3v) is 7.07. The number of amides is 1. The number of hydrogen-bond acceptors (Lipinski definition) is 4. The van der Waals surface area contributed by atoms with E-state index in [0.717, 1.165) is 24.3 Å². The molecule has 0 saturated heterocycles. The summed E-state index contributed by atoms with van der Waals surface area (Å²) < 4.78 is 0. The van der Waals surface area contributed by atoms with Crippen LogP contribution in [0.3, 0.4) is 0 Å². The number of nitrogens with zero attached hydrogens (tertiary/aromatic N) is 1. The number of fused-ring (bicyclic) bond motifs is 1. The second-order valence-corrected chi connectivity index (χ2v) is 8.94. The summed E-state index contributed by atoms with van der Waals surface area (Å²) in [6, 6.07) is 14.5. The van der Waals surface area contributed by atoms with E-state index in [1.54, 1.807) is 23.1 Å². The molecule has 1 amide bonds. The molecule has 0 fully saturated rings. The molecule has 4 rings (SSSR count). The van der Waals surface area contributed by atoms with Gasteiger partial charge in [-0.1, -0.05) is 18.2 Å². The Morgan fingerprint density at radius 3 is 2.92 bits per heavy atom. The Bertz CT molecular complexity index is 869. The van der Waals surface area contributed by atoms with Crippen molar-refractivity contribution in [3.8, 4) is 0 Å². The monoisotopic (exact) mass is 385 g/mol. The van der Waals surface area contributed by atoms with Gasteiger partial charge in [-0.15, -0.1) is 22.7 Å². The molecule has 1 aliphatic rings. The standard InChI is InChI=1S/C20H19NOS3/c1-23-13-14-4-2-5-15(12-14)20(22)21-9-7-17-16(8-11-25-17)19(21)18-6-3-10-24-18/h2-6,8,10-12,19H,7,9,13H2,1H3/t19-/m1/s1. The first kappa shape index (κ1) is 16.9. The molecule has 0 unspecified atom stereocenters. The molecule has 128 valence electrons. The lowest BCUT2D eigenvalue weighted by Gasteiger charge is -2.35. The second-order valence-electron chi connectivity index (χ2n) is 6.10. The van der Waals surface area contributed by atoms with Crippen molar-refractivity contribution in [2.75, 3.05) is 12.8 Å². The van der Waals surface area contributed by atoms with E-state index in [1.807, 2.05) is 29.5 Å². The third-order valence-electron chi connectivity index (χ3n) is 4.52. The van der Waals surface area contributed by atoms with Gasteiger partial charge >= 0.3 is 0 Å². The van der Waals surface area contributed by atoms with Gasteiger partial charge < -0.3 is 4.90 Å². The molecule has 1 atom stereocenters. The van der Waals surface area contributed by atoms with Crippen molar-refractivity contribution in [3.63, 3.8) is 0 Å². The number of carbonyl (C=O) groups is 1. The number of hydrogen-bond donors (Lipinski definition) is 0. The van der Waals surface area contributed by atoms with Gasteiger partial charge in [-0.3, -0.25) is 4.79 Å². The molecule has 5 heteroatoms. The quantitative estimate of drug-likeness (QED) is 0.594. The normalized spacial score (nSPS) is 16.7. The SMILES string of the molecule is CSCc1cccc(C(=O)N2CCc3sccc3[C@@H]2c2cccs2)c1. The van der Waals surface area contributed by atoms with Crippen molar-refractivity contribution >= 4 is 40.3 Å². The molecule has 0 spiro atoms. The fourth-order valence-electron chi connectivity index (χ4n) is 3.42. The molecule has 0 bridgehead atoms. The van der Waals surface area contributed by atoms with Crippen LogP contribution in [0.5, 0.6) is 0 Å². The maximum absolute atomic E-state index is 13.3. The molecule has 0 aliphatic carbocycles. The third kappa shape index (κ3) is 3.28. The van der Waals surface area contributed by atoms with Crippen molar-refractivity contribution in [1.29, 1.82) is 0 Å². The Balaban J connectivity index is 1.71. The molecule has 0 N–H and O–H groups in total. The van der Waals surface area contributed by atoms with E-state index in [1.165, 1.54) is 20.9 Å². The predicted octanol–water partition coefficient (Wildman–Crippen LogP) is 5.46. The fraction of sp³-hybridized carbons (Fsp3) is 0.250. The zero-order valence-electron chi connectivity index (χ0n) is 14.0. The van der Waals surface area contributed by atoms with Gasteiger partial charge in [0.05, 0.1) is 6.04 Å². The van der Waals surface area contributed by atoms with E-state index < -0.39 is 0 Å². The molecule has 0 radical (unpaired) electrons. The molecular formula is C20H19NOS3. The highest BCUT2D eigenvalue weighted by Gasteiger charge is 2.33. The van der Waals surface area contributed by atoms with Crippen LogP contribution >= 0.6 is 34.4 Å². The summed E-state index contributed by atoms with van der Waals surface area (Å²) in [5.74, 6) is 1.07. The van der Waals surface area contributed by atoms with Crippen LogP contribution in [0.15, 0.2) is 53.2 Å². The Morgan fingerprint density at radius 2 is 2.12 bits per heavy atom. The Kier molecular flexibility index (Phi) is 4.97. The Labute approximate surface area is 160 Å². The first-order valence-electron chi connectivity index (χ1n) is 8.26. The molecule has 1 aromatic carbocycles. The topological polar surface area (TPSA) is 20.3 Å². The Morgan fingerprint density at radius 1 is 1.20 bits per heavy atom. The number of thiophene rings is 2. The minimum atomic E-state index is 0.0479. The lowest BCUT2D eigenvalue weighted by atomic mass is 9.97. The van der Waals surface area contributed by atoms with E-state index in [2.05, 4.69) is 46.2 Å². The van der Waals surface area contributed by atoms with E-state index in [0.29, 0.717) is 0 Å². The molecule has 1 aliphatic heterocycles. The maximum atomic E-state index is 13.3. The van der Waals surface area contributed by atoms with Gasteiger partial charge in [-0.25, -0.2) is 0 Å². The van der Waals surface area contributed by atoms with Crippen molar-refractivity contribution in [1.82, 2.24) is 4.90 Å². The van der Waals surface area contributed by atoms with E-state index in [-0.39, 0.29) is 11.9 Å². The lowest BCUT2D eigenvalue weighted by molar-refractivity contribution is 0.0698. The molecule has 3 aromatic rings. The van der Waals surface area contributed by atoms with Crippen molar-refractivity contribution < 1.29 is 4.79 Å².